The quantitative estimate of drug-likeness (QED) is 0.222. The third-order valence-electron chi connectivity index (χ3n) is 9.53. The maximum Gasteiger partial charge on any atom is 0.213 e. The van der Waals surface area contributed by atoms with E-state index in [-0.39, 0.29) is 0 Å². The van der Waals surface area contributed by atoms with Crippen LogP contribution in [0.15, 0.2) is 122 Å². The van der Waals surface area contributed by atoms with Gasteiger partial charge in [-0.25, -0.2) is 4.98 Å². The molecule has 4 bridgehead atoms. The fraction of sp³-hybridized carbons (Fsp3) is 0.278. The maximum atomic E-state index is 6.56. The molecular weight excluding hydrogens is 504 g/mol. The van der Waals surface area contributed by atoms with E-state index in [9.17, 15) is 0 Å². The number of hydrogen-bond acceptors (Lipinski definition) is 4. The molecule has 5 heteroatoms. The second-order valence-electron chi connectivity index (χ2n) is 12.0. The number of ether oxygens (including phenoxy) is 1. The first-order valence-electron chi connectivity index (χ1n) is 14.8. The largest absolute Gasteiger partial charge is 0.474 e. The van der Waals surface area contributed by atoms with Crippen LogP contribution in [0.3, 0.4) is 0 Å². The van der Waals surface area contributed by atoms with Gasteiger partial charge in [0.15, 0.2) is 0 Å². The zero-order valence-corrected chi connectivity index (χ0v) is 23.1. The van der Waals surface area contributed by atoms with Gasteiger partial charge in [-0.05, 0) is 41.5 Å². The van der Waals surface area contributed by atoms with Crippen LogP contribution in [0, 0.1) is 17.8 Å². The molecular formula is C36H34N4O. The third kappa shape index (κ3) is 4.18. The van der Waals surface area contributed by atoms with E-state index in [2.05, 4.69) is 113 Å². The van der Waals surface area contributed by atoms with Crippen molar-refractivity contribution in [1.29, 1.82) is 0 Å². The summed E-state index contributed by atoms with van der Waals surface area (Å²) in [4.78, 5) is 7.42. The summed E-state index contributed by atoms with van der Waals surface area (Å²) in [6.45, 7) is 3.66. The van der Waals surface area contributed by atoms with Crippen LogP contribution in [-0.2, 0) is 5.54 Å². The van der Waals surface area contributed by atoms with Crippen LogP contribution in [0.5, 0.6) is 5.88 Å². The van der Waals surface area contributed by atoms with E-state index >= 15 is 0 Å². The van der Waals surface area contributed by atoms with Crippen LogP contribution in [0.25, 0.3) is 11.1 Å². The van der Waals surface area contributed by atoms with Crippen LogP contribution in [0.1, 0.15) is 29.5 Å². The zero-order chi connectivity index (χ0) is 27.2. The Morgan fingerprint density at radius 1 is 0.634 bits per heavy atom. The highest BCUT2D eigenvalue weighted by atomic mass is 16.5. The van der Waals surface area contributed by atoms with E-state index < -0.39 is 5.54 Å². The first-order valence-corrected chi connectivity index (χ1v) is 14.8. The van der Waals surface area contributed by atoms with Gasteiger partial charge in [-0.15, -0.1) is 0 Å². The van der Waals surface area contributed by atoms with Gasteiger partial charge in [-0.2, -0.15) is 5.10 Å². The monoisotopic (exact) mass is 538 g/mol. The molecule has 4 fully saturated rings. The van der Waals surface area contributed by atoms with E-state index in [1.807, 2.05) is 18.5 Å². The molecule has 3 aliphatic heterocycles. The van der Waals surface area contributed by atoms with Gasteiger partial charge >= 0.3 is 0 Å². The zero-order valence-electron chi connectivity index (χ0n) is 23.1. The van der Waals surface area contributed by atoms with Gasteiger partial charge < -0.3 is 9.64 Å². The average molecular weight is 539 g/mol. The highest BCUT2D eigenvalue weighted by molar-refractivity contribution is 5.62. The predicted octanol–water partition coefficient (Wildman–Crippen LogP) is 6.50. The molecule has 2 atom stereocenters. The fourth-order valence-electron chi connectivity index (χ4n) is 7.91. The molecule has 1 aliphatic carbocycles. The lowest BCUT2D eigenvalue weighted by atomic mass is 9.66. The van der Waals surface area contributed by atoms with Crippen molar-refractivity contribution in [2.45, 2.75) is 24.5 Å². The molecule has 0 unspecified atom stereocenters. The van der Waals surface area contributed by atoms with Gasteiger partial charge in [-0.3, -0.25) is 4.68 Å². The molecule has 0 amide bonds. The summed E-state index contributed by atoms with van der Waals surface area (Å²) in [6.07, 6.45) is 8.95. The van der Waals surface area contributed by atoms with Crippen molar-refractivity contribution in [3.05, 3.63) is 138 Å². The summed E-state index contributed by atoms with van der Waals surface area (Å²) in [5.74, 6) is 2.89. The van der Waals surface area contributed by atoms with Crippen LogP contribution in [0.2, 0.25) is 0 Å². The number of rotatable bonds is 7. The summed E-state index contributed by atoms with van der Waals surface area (Å²) in [5, 5.41) is 5.01. The number of nitrogens with zero attached hydrogens (tertiary/aromatic N) is 4. The molecule has 5 heterocycles. The van der Waals surface area contributed by atoms with Gasteiger partial charge in [0, 0.05) is 61.1 Å². The summed E-state index contributed by atoms with van der Waals surface area (Å²) in [7, 11) is 0. The minimum absolute atomic E-state index is 0.298. The number of hydrogen-bond donors (Lipinski definition) is 0. The second-order valence-corrected chi connectivity index (χ2v) is 12.0. The summed E-state index contributed by atoms with van der Waals surface area (Å²) in [6, 6.07) is 36.1. The first-order chi connectivity index (χ1) is 20.3. The Hall–Kier alpha value is -4.22. The van der Waals surface area contributed by atoms with Gasteiger partial charge in [0.2, 0.25) is 5.88 Å². The predicted molar refractivity (Wildman–Crippen MR) is 161 cm³/mol. The SMILES string of the molecule is c1ccc(C(c2ccccc2)(c2ccccc2)n2cc(-c3ccc(OC4[C@H]5CC6C[C@H]4CN(C6)C5)nc3)cn2)cc1. The van der Waals surface area contributed by atoms with E-state index in [0.29, 0.717) is 17.9 Å². The molecule has 1 saturated carbocycles. The molecule has 0 N–H and O–H groups in total. The molecule has 204 valence electrons. The Bertz CT molecular complexity index is 1490. The van der Waals surface area contributed by atoms with Crippen molar-refractivity contribution < 1.29 is 4.74 Å². The standard InChI is InChI=1S/C36H34N4O/c1-4-10-31(11-5-1)36(32-12-6-2-7-13-32,33-14-8-3-9-15-33)40-25-30(21-38-40)27-16-17-34(37-20-27)41-35-28-18-26-19-29(35)24-39(22-26)23-28/h1-17,20-21,25-26,28-29,35H,18-19,22-24H2/t26?,28-,29-,35?/m0/s1. The molecule has 5 aromatic rings. The molecule has 3 saturated heterocycles. The van der Waals surface area contributed by atoms with Crippen molar-refractivity contribution in [2.24, 2.45) is 17.8 Å². The summed E-state index contributed by atoms with van der Waals surface area (Å²) < 4.78 is 8.66. The molecule has 0 radical (unpaired) electrons. The number of benzene rings is 3. The number of piperidine rings is 3. The van der Waals surface area contributed by atoms with E-state index in [1.54, 1.807) is 0 Å². The lowest BCUT2D eigenvalue weighted by Crippen LogP contribution is -2.61. The second kappa shape index (κ2) is 10.0. The summed E-state index contributed by atoms with van der Waals surface area (Å²) >= 11 is 0. The molecule has 4 aliphatic rings. The van der Waals surface area contributed by atoms with Crippen LogP contribution >= 0.6 is 0 Å². The molecule has 5 nitrogen and oxygen atoms in total. The topological polar surface area (TPSA) is 43.2 Å². The molecule has 0 spiro atoms. The number of pyridine rings is 1. The lowest BCUT2D eigenvalue weighted by Gasteiger charge is -2.55. The molecule has 9 rings (SSSR count). The van der Waals surface area contributed by atoms with Crippen molar-refractivity contribution >= 4 is 0 Å². The minimum atomic E-state index is -0.631. The Morgan fingerprint density at radius 3 is 1.73 bits per heavy atom. The normalized spacial score (nSPS) is 24.8. The Kier molecular flexibility index (Phi) is 5.99. The first kappa shape index (κ1) is 24.6. The average Bonchev–Trinajstić information content (AvgIpc) is 3.52. The Labute approximate surface area is 241 Å². The van der Waals surface area contributed by atoms with Crippen molar-refractivity contribution in [1.82, 2.24) is 19.7 Å². The fourth-order valence-corrected chi connectivity index (χ4v) is 7.91. The summed E-state index contributed by atoms with van der Waals surface area (Å²) in [5.41, 5.74) is 4.89. The Balaban J connectivity index is 1.14. The van der Waals surface area contributed by atoms with Gasteiger partial charge in [0.1, 0.15) is 11.6 Å². The van der Waals surface area contributed by atoms with Gasteiger partial charge in [0.05, 0.1) is 6.20 Å². The lowest BCUT2D eigenvalue weighted by molar-refractivity contribution is -0.0997. The maximum absolute atomic E-state index is 6.56. The van der Waals surface area contributed by atoms with Crippen LogP contribution in [0.4, 0.5) is 0 Å². The minimum Gasteiger partial charge on any atom is -0.474 e. The third-order valence-corrected chi connectivity index (χ3v) is 9.53. The molecule has 3 aromatic carbocycles. The van der Waals surface area contributed by atoms with Crippen LogP contribution in [-0.4, -0.2) is 45.4 Å². The van der Waals surface area contributed by atoms with E-state index in [4.69, 9.17) is 14.8 Å². The molecule has 2 aromatic heterocycles. The van der Waals surface area contributed by atoms with Gasteiger partial charge in [-0.1, -0.05) is 91.0 Å². The van der Waals surface area contributed by atoms with Crippen molar-refractivity contribution in [3.8, 4) is 17.0 Å². The van der Waals surface area contributed by atoms with Crippen LogP contribution < -0.4 is 4.74 Å². The smallest absolute Gasteiger partial charge is 0.213 e. The highest BCUT2D eigenvalue weighted by Crippen LogP contribution is 2.45. The number of aromatic nitrogens is 3. The van der Waals surface area contributed by atoms with Gasteiger partial charge in [0.25, 0.3) is 0 Å². The highest BCUT2D eigenvalue weighted by Gasteiger charge is 2.48. The Morgan fingerprint density at radius 2 is 1.22 bits per heavy atom. The van der Waals surface area contributed by atoms with Crippen molar-refractivity contribution in [3.63, 3.8) is 0 Å². The van der Waals surface area contributed by atoms with E-state index in [1.165, 1.54) is 32.5 Å². The molecule has 41 heavy (non-hydrogen) atoms. The van der Waals surface area contributed by atoms with E-state index in [0.717, 1.165) is 39.6 Å². The van der Waals surface area contributed by atoms with Crippen molar-refractivity contribution in [2.75, 3.05) is 19.6 Å².